The average molecular weight is 354 g/mol. The van der Waals surface area contributed by atoms with E-state index >= 15 is 0 Å². The van der Waals surface area contributed by atoms with Gasteiger partial charge in [-0.2, -0.15) is 0 Å². The molecule has 1 aromatic carbocycles. The number of nitrogens with zero attached hydrogens (tertiary/aromatic N) is 5. The average Bonchev–Trinajstić information content (AvgIpc) is 3.49. The van der Waals surface area contributed by atoms with Gasteiger partial charge in [-0.05, 0) is 36.6 Å². The molecule has 1 saturated heterocycles. The molecule has 7 heteroatoms. The lowest BCUT2D eigenvalue weighted by atomic mass is 9.96. The van der Waals surface area contributed by atoms with E-state index < -0.39 is 0 Å². The molecule has 4 rings (SSSR count). The van der Waals surface area contributed by atoms with E-state index in [-0.39, 0.29) is 11.2 Å². The molecule has 2 aromatic rings. The molecule has 2 aliphatic rings. The summed E-state index contributed by atoms with van der Waals surface area (Å²) in [6, 6.07) is 8.60. The highest BCUT2D eigenvalue weighted by molar-refractivity contribution is 5.78. The second-order valence-electron chi connectivity index (χ2n) is 6.98. The smallest absolute Gasteiger partial charge is 0.225 e. The highest BCUT2D eigenvalue weighted by Crippen LogP contribution is 2.48. The Morgan fingerprint density at radius 3 is 2.35 bits per heavy atom. The third-order valence-corrected chi connectivity index (χ3v) is 5.29. The van der Waals surface area contributed by atoms with Gasteiger partial charge in [0.15, 0.2) is 5.96 Å². The number of hydrogen-bond donors (Lipinski definition) is 1. The van der Waals surface area contributed by atoms with Crippen molar-refractivity contribution in [2.45, 2.75) is 18.3 Å². The Balaban J connectivity index is 1.35. The van der Waals surface area contributed by atoms with Crippen LogP contribution in [-0.4, -0.2) is 53.6 Å². The van der Waals surface area contributed by atoms with Gasteiger partial charge in [-0.1, -0.05) is 12.1 Å². The second kappa shape index (κ2) is 6.90. The van der Waals surface area contributed by atoms with Crippen LogP contribution in [0.1, 0.15) is 18.4 Å². The zero-order valence-electron chi connectivity index (χ0n) is 14.7. The fourth-order valence-corrected chi connectivity index (χ4v) is 3.41. The van der Waals surface area contributed by atoms with Gasteiger partial charge in [0.1, 0.15) is 5.82 Å². The molecule has 2 fully saturated rings. The molecule has 1 aromatic heterocycles. The maximum atomic E-state index is 13.1. The standard InChI is InChI=1S/C19H23FN6/c20-16-4-2-15(3-5-16)19(6-7-19)14-24-17(21)25-10-12-26(13-11-25)18-22-8-1-9-23-18/h1-5,8-9H,6-7,10-14H2,(H2,21,24). The molecular formula is C19H23FN6. The van der Waals surface area contributed by atoms with Gasteiger partial charge in [-0.15, -0.1) is 0 Å². The molecular weight excluding hydrogens is 331 g/mol. The number of aromatic nitrogens is 2. The minimum Gasteiger partial charge on any atom is -0.370 e. The third-order valence-electron chi connectivity index (χ3n) is 5.29. The van der Waals surface area contributed by atoms with E-state index in [1.54, 1.807) is 12.4 Å². The van der Waals surface area contributed by atoms with Gasteiger partial charge in [-0.3, -0.25) is 4.99 Å². The summed E-state index contributed by atoms with van der Waals surface area (Å²) in [4.78, 5) is 17.5. The summed E-state index contributed by atoms with van der Waals surface area (Å²) in [7, 11) is 0. The van der Waals surface area contributed by atoms with E-state index in [9.17, 15) is 4.39 Å². The van der Waals surface area contributed by atoms with Crippen LogP contribution in [0.25, 0.3) is 0 Å². The van der Waals surface area contributed by atoms with Gasteiger partial charge in [-0.25, -0.2) is 14.4 Å². The Morgan fingerprint density at radius 2 is 1.73 bits per heavy atom. The number of benzene rings is 1. The fourth-order valence-electron chi connectivity index (χ4n) is 3.41. The van der Waals surface area contributed by atoms with Crippen LogP contribution in [0.15, 0.2) is 47.7 Å². The fraction of sp³-hybridized carbons (Fsp3) is 0.421. The maximum absolute atomic E-state index is 13.1. The van der Waals surface area contributed by atoms with Gasteiger partial charge < -0.3 is 15.5 Å². The van der Waals surface area contributed by atoms with Crippen molar-refractivity contribution in [3.63, 3.8) is 0 Å². The predicted molar refractivity (Wildman–Crippen MR) is 99.6 cm³/mol. The number of rotatable bonds is 4. The van der Waals surface area contributed by atoms with E-state index in [2.05, 4.69) is 24.8 Å². The van der Waals surface area contributed by atoms with Crippen LogP contribution in [0.5, 0.6) is 0 Å². The highest BCUT2D eigenvalue weighted by atomic mass is 19.1. The molecule has 0 amide bonds. The lowest BCUT2D eigenvalue weighted by Crippen LogP contribution is -2.51. The van der Waals surface area contributed by atoms with Gasteiger partial charge in [0.05, 0.1) is 6.54 Å². The van der Waals surface area contributed by atoms with Gasteiger partial charge in [0.2, 0.25) is 5.95 Å². The minimum atomic E-state index is -0.201. The van der Waals surface area contributed by atoms with E-state index in [1.807, 2.05) is 18.2 Å². The Labute approximate surface area is 152 Å². The number of nitrogens with two attached hydrogens (primary N) is 1. The third kappa shape index (κ3) is 3.47. The first-order valence-corrected chi connectivity index (χ1v) is 8.99. The zero-order valence-corrected chi connectivity index (χ0v) is 14.7. The van der Waals surface area contributed by atoms with Crippen LogP contribution in [0.3, 0.4) is 0 Å². The summed E-state index contributed by atoms with van der Waals surface area (Å²) in [5.41, 5.74) is 7.43. The van der Waals surface area contributed by atoms with E-state index in [0.29, 0.717) is 12.5 Å². The molecule has 1 saturated carbocycles. The largest absolute Gasteiger partial charge is 0.370 e. The lowest BCUT2D eigenvalue weighted by Gasteiger charge is -2.35. The van der Waals surface area contributed by atoms with E-state index in [0.717, 1.165) is 50.5 Å². The molecule has 0 bridgehead atoms. The normalized spacial score (nSPS) is 19.5. The van der Waals surface area contributed by atoms with Crippen LogP contribution < -0.4 is 10.6 Å². The minimum absolute atomic E-state index is 0.0397. The highest BCUT2D eigenvalue weighted by Gasteiger charge is 2.44. The first-order valence-electron chi connectivity index (χ1n) is 8.99. The Kier molecular flexibility index (Phi) is 4.44. The maximum Gasteiger partial charge on any atom is 0.225 e. The van der Waals surface area contributed by atoms with Crippen LogP contribution in [0.4, 0.5) is 10.3 Å². The molecule has 0 spiro atoms. The second-order valence-corrected chi connectivity index (χ2v) is 6.98. The van der Waals surface area contributed by atoms with Crippen molar-refractivity contribution >= 4 is 11.9 Å². The monoisotopic (exact) mass is 354 g/mol. The summed E-state index contributed by atoms with van der Waals surface area (Å²) in [6.45, 7) is 3.91. The molecule has 2 N–H and O–H groups in total. The SMILES string of the molecule is NC(=NCC1(c2ccc(F)cc2)CC1)N1CCN(c2ncccn2)CC1. The predicted octanol–water partition coefficient (Wildman–Crippen LogP) is 1.78. The first-order chi connectivity index (χ1) is 12.7. The molecule has 1 aliphatic carbocycles. The summed E-state index contributed by atoms with van der Waals surface area (Å²) in [6.07, 6.45) is 5.67. The number of halogens is 1. The Morgan fingerprint density at radius 1 is 1.08 bits per heavy atom. The van der Waals surface area contributed by atoms with Crippen molar-refractivity contribution in [2.75, 3.05) is 37.6 Å². The number of guanidine groups is 1. The van der Waals surface area contributed by atoms with Crippen LogP contribution in [0, 0.1) is 5.82 Å². The van der Waals surface area contributed by atoms with Crippen molar-refractivity contribution < 1.29 is 4.39 Å². The Bertz CT molecular complexity index is 764. The summed E-state index contributed by atoms with van der Waals surface area (Å²) < 4.78 is 13.1. The molecule has 0 radical (unpaired) electrons. The van der Waals surface area contributed by atoms with Crippen LogP contribution in [0.2, 0.25) is 0 Å². The van der Waals surface area contributed by atoms with E-state index in [1.165, 1.54) is 12.1 Å². The molecule has 0 unspecified atom stereocenters. The summed E-state index contributed by atoms with van der Waals surface area (Å²) >= 11 is 0. The molecule has 6 nitrogen and oxygen atoms in total. The topological polar surface area (TPSA) is 70.6 Å². The first kappa shape index (κ1) is 16.8. The van der Waals surface area contributed by atoms with E-state index in [4.69, 9.17) is 5.73 Å². The molecule has 0 atom stereocenters. The van der Waals surface area contributed by atoms with Crippen LogP contribution >= 0.6 is 0 Å². The number of anilines is 1. The molecule has 1 aliphatic heterocycles. The van der Waals surface area contributed by atoms with Crippen molar-refractivity contribution in [3.8, 4) is 0 Å². The van der Waals surface area contributed by atoms with Gasteiger partial charge in [0.25, 0.3) is 0 Å². The van der Waals surface area contributed by atoms with Crippen molar-refractivity contribution in [3.05, 3.63) is 54.1 Å². The quantitative estimate of drug-likeness (QED) is 0.669. The van der Waals surface area contributed by atoms with Gasteiger partial charge in [0, 0.05) is 44.0 Å². The summed E-state index contributed by atoms with van der Waals surface area (Å²) in [5, 5.41) is 0. The van der Waals surface area contributed by atoms with Crippen molar-refractivity contribution in [1.82, 2.24) is 14.9 Å². The van der Waals surface area contributed by atoms with Crippen molar-refractivity contribution in [2.24, 2.45) is 10.7 Å². The lowest BCUT2D eigenvalue weighted by molar-refractivity contribution is 0.377. The molecule has 26 heavy (non-hydrogen) atoms. The van der Waals surface area contributed by atoms with Crippen LogP contribution in [-0.2, 0) is 5.41 Å². The zero-order chi connectivity index (χ0) is 18.0. The Hall–Kier alpha value is -2.70. The number of hydrogen-bond acceptors (Lipinski definition) is 4. The number of piperazine rings is 1. The van der Waals surface area contributed by atoms with Gasteiger partial charge >= 0.3 is 0 Å². The molecule has 136 valence electrons. The van der Waals surface area contributed by atoms with Crippen molar-refractivity contribution in [1.29, 1.82) is 0 Å². The molecule has 2 heterocycles. The number of aliphatic imine (C=N–C) groups is 1. The summed E-state index contributed by atoms with van der Waals surface area (Å²) in [5.74, 6) is 1.15.